The van der Waals surface area contributed by atoms with Gasteiger partial charge in [-0.15, -0.1) is 0 Å². The number of amides is 2. The summed E-state index contributed by atoms with van der Waals surface area (Å²) in [5.74, 6) is -1.55. The van der Waals surface area contributed by atoms with Crippen LogP contribution in [0.25, 0.3) is 0 Å². The summed E-state index contributed by atoms with van der Waals surface area (Å²) in [4.78, 5) is 25.2. The molecule has 2 saturated heterocycles. The predicted octanol–water partition coefficient (Wildman–Crippen LogP) is 1.06. The Bertz CT molecular complexity index is 361. The van der Waals surface area contributed by atoms with Gasteiger partial charge in [-0.05, 0) is 26.2 Å². The number of aliphatic carboxylic acids is 1. The third kappa shape index (κ3) is 2.83. The van der Waals surface area contributed by atoms with Gasteiger partial charge in [0.25, 0.3) is 0 Å². The van der Waals surface area contributed by atoms with E-state index in [1.54, 1.807) is 0 Å². The summed E-state index contributed by atoms with van der Waals surface area (Å²) in [6, 6.07) is -0.0925. The van der Waals surface area contributed by atoms with Crippen molar-refractivity contribution in [2.24, 2.45) is 5.92 Å². The number of hydrogen-bond acceptors (Lipinski definition) is 3. The number of rotatable bonds is 3. The molecule has 0 aliphatic carbocycles. The van der Waals surface area contributed by atoms with Crippen molar-refractivity contribution in [3.05, 3.63) is 0 Å². The number of carboxylic acids is 1. The van der Waals surface area contributed by atoms with Crippen molar-refractivity contribution in [1.82, 2.24) is 10.2 Å². The Labute approximate surface area is 113 Å². The lowest BCUT2D eigenvalue weighted by Crippen LogP contribution is -2.52. The molecule has 0 saturated carbocycles. The molecule has 0 spiro atoms. The van der Waals surface area contributed by atoms with Gasteiger partial charge < -0.3 is 20.1 Å². The van der Waals surface area contributed by atoms with Crippen LogP contribution in [0.1, 0.15) is 33.1 Å². The molecule has 2 aliphatic heterocycles. The summed E-state index contributed by atoms with van der Waals surface area (Å²) in [7, 11) is 0. The minimum atomic E-state index is -0.913. The third-order valence-corrected chi connectivity index (χ3v) is 4.20. The number of nitrogens with zero attached hydrogens (tertiary/aromatic N) is 1. The van der Waals surface area contributed by atoms with Crippen molar-refractivity contribution < 1.29 is 19.4 Å². The summed E-state index contributed by atoms with van der Waals surface area (Å²) in [6.07, 6.45) is 2.96. The zero-order valence-electron chi connectivity index (χ0n) is 11.5. The molecule has 0 aromatic carbocycles. The van der Waals surface area contributed by atoms with E-state index < -0.39 is 17.9 Å². The molecule has 0 bridgehead atoms. The van der Waals surface area contributed by atoms with Gasteiger partial charge >= 0.3 is 12.0 Å². The molecule has 6 nitrogen and oxygen atoms in total. The van der Waals surface area contributed by atoms with E-state index in [2.05, 4.69) is 12.2 Å². The Morgan fingerprint density at radius 2 is 2.11 bits per heavy atom. The highest BCUT2D eigenvalue weighted by molar-refractivity contribution is 5.78. The second-order valence-electron chi connectivity index (χ2n) is 5.43. The highest BCUT2D eigenvalue weighted by atomic mass is 16.5. The zero-order valence-corrected chi connectivity index (χ0v) is 11.5. The van der Waals surface area contributed by atoms with Crippen LogP contribution in [0.4, 0.5) is 4.79 Å². The molecular weight excluding hydrogens is 248 g/mol. The van der Waals surface area contributed by atoms with Gasteiger partial charge in [0.2, 0.25) is 0 Å². The Balaban J connectivity index is 1.98. The molecule has 2 N–H and O–H groups in total. The van der Waals surface area contributed by atoms with Crippen LogP contribution in [0.5, 0.6) is 0 Å². The molecule has 2 amide bonds. The quantitative estimate of drug-likeness (QED) is 0.803. The van der Waals surface area contributed by atoms with E-state index in [1.807, 2.05) is 11.8 Å². The first-order valence-electron chi connectivity index (χ1n) is 6.94. The monoisotopic (exact) mass is 270 g/mol. The van der Waals surface area contributed by atoms with Crippen molar-refractivity contribution in [3.8, 4) is 0 Å². The molecule has 108 valence electrons. The zero-order chi connectivity index (χ0) is 14.0. The molecule has 2 fully saturated rings. The van der Waals surface area contributed by atoms with Gasteiger partial charge in [0, 0.05) is 12.1 Å². The van der Waals surface area contributed by atoms with Crippen molar-refractivity contribution in [1.29, 1.82) is 0 Å². The van der Waals surface area contributed by atoms with E-state index in [4.69, 9.17) is 9.84 Å². The summed E-state index contributed by atoms with van der Waals surface area (Å²) < 4.78 is 5.16. The first-order chi connectivity index (χ1) is 9.04. The topological polar surface area (TPSA) is 78.9 Å². The van der Waals surface area contributed by atoms with Gasteiger partial charge in [0.05, 0.1) is 19.3 Å². The van der Waals surface area contributed by atoms with Crippen molar-refractivity contribution in [3.63, 3.8) is 0 Å². The number of nitrogens with one attached hydrogen (secondary N) is 1. The number of ether oxygens (including phenoxy) is 1. The molecule has 6 heteroatoms. The fourth-order valence-corrected chi connectivity index (χ4v) is 3.01. The van der Waals surface area contributed by atoms with Crippen LogP contribution in [0.15, 0.2) is 0 Å². The Morgan fingerprint density at radius 3 is 2.74 bits per heavy atom. The van der Waals surface area contributed by atoms with Crippen LogP contribution in [-0.4, -0.2) is 53.3 Å². The normalized spacial score (nSPS) is 34.5. The minimum Gasteiger partial charge on any atom is -0.481 e. The summed E-state index contributed by atoms with van der Waals surface area (Å²) in [5.41, 5.74) is 0. The number of carboxylic acid groups (broad SMARTS) is 1. The van der Waals surface area contributed by atoms with Crippen molar-refractivity contribution in [2.45, 2.75) is 51.2 Å². The molecule has 2 rings (SSSR count). The summed E-state index contributed by atoms with van der Waals surface area (Å²) >= 11 is 0. The second kappa shape index (κ2) is 5.77. The maximum Gasteiger partial charge on any atom is 0.318 e. The standard InChI is InChI=1S/C13H22N2O4/c1-3-9-5-4-8(2)15(9)13(18)14-11-7-19-6-10(11)12(16)17/h8-11H,3-7H2,1-2H3,(H,14,18)(H,16,17). The first-order valence-corrected chi connectivity index (χ1v) is 6.94. The SMILES string of the molecule is CCC1CCC(C)N1C(=O)NC1COCC1C(=O)O. The van der Waals surface area contributed by atoms with Crippen LogP contribution >= 0.6 is 0 Å². The molecule has 4 unspecified atom stereocenters. The van der Waals surface area contributed by atoms with E-state index in [9.17, 15) is 9.59 Å². The molecular formula is C13H22N2O4. The van der Waals surface area contributed by atoms with Gasteiger partial charge in [-0.25, -0.2) is 4.79 Å². The second-order valence-corrected chi connectivity index (χ2v) is 5.43. The smallest absolute Gasteiger partial charge is 0.318 e. The number of carbonyl (C=O) groups is 2. The molecule has 0 radical (unpaired) electrons. The fourth-order valence-electron chi connectivity index (χ4n) is 3.01. The van der Waals surface area contributed by atoms with E-state index in [-0.39, 0.29) is 31.3 Å². The lowest BCUT2D eigenvalue weighted by molar-refractivity contribution is -0.142. The maximum absolute atomic E-state index is 12.3. The van der Waals surface area contributed by atoms with Gasteiger partial charge in [-0.3, -0.25) is 4.79 Å². The van der Waals surface area contributed by atoms with Crippen LogP contribution < -0.4 is 5.32 Å². The third-order valence-electron chi connectivity index (χ3n) is 4.20. The van der Waals surface area contributed by atoms with E-state index in [0.29, 0.717) is 0 Å². The minimum absolute atomic E-state index is 0.154. The molecule has 2 aliphatic rings. The highest BCUT2D eigenvalue weighted by Gasteiger charge is 2.39. The van der Waals surface area contributed by atoms with Crippen LogP contribution in [0, 0.1) is 5.92 Å². The average Bonchev–Trinajstić information content (AvgIpc) is 2.95. The van der Waals surface area contributed by atoms with E-state index in [0.717, 1.165) is 19.3 Å². The van der Waals surface area contributed by atoms with Gasteiger partial charge in [-0.1, -0.05) is 6.92 Å². The lowest BCUT2D eigenvalue weighted by atomic mass is 10.0. The van der Waals surface area contributed by atoms with E-state index in [1.165, 1.54) is 0 Å². The molecule has 0 aromatic rings. The summed E-state index contributed by atoms with van der Waals surface area (Å²) in [5, 5.41) is 11.9. The number of hydrogen-bond donors (Lipinski definition) is 2. The van der Waals surface area contributed by atoms with E-state index >= 15 is 0 Å². The largest absolute Gasteiger partial charge is 0.481 e. The number of urea groups is 1. The Kier molecular flexibility index (Phi) is 4.29. The number of likely N-dealkylation sites (tertiary alicyclic amines) is 1. The molecule has 0 aromatic heterocycles. The average molecular weight is 270 g/mol. The Hall–Kier alpha value is -1.30. The Morgan fingerprint density at radius 1 is 1.37 bits per heavy atom. The van der Waals surface area contributed by atoms with Crippen LogP contribution in [-0.2, 0) is 9.53 Å². The predicted molar refractivity (Wildman–Crippen MR) is 68.9 cm³/mol. The lowest BCUT2D eigenvalue weighted by Gasteiger charge is -2.30. The van der Waals surface area contributed by atoms with Gasteiger partial charge in [0.15, 0.2) is 0 Å². The van der Waals surface area contributed by atoms with Crippen LogP contribution in [0.3, 0.4) is 0 Å². The highest BCUT2D eigenvalue weighted by Crippen LogP contribution is 2.26. The van der Waals surface area contributed by atoms with Gasteiger partial charge in [0.1, 0.15) is 5.92 Å². The molecule has 2 heterocycles. The van der Waals surface area contributed by atoms with Crippen molar-refractivity contribution in [2.75, 3.05) is 13.2 Å². The maximum atomic E-state index is 12.3. The van der Waals surface area contributed by atoms with Gasteiger partial charge in [-0.2, -0.15) is 0 Å². The van der Waals surface area contributed by atoms with Crippen LogP contribution in [0.2, 0.25) is 0 Å². The molecule has 19 heavy (non-hydrogen) atoms. The molecule has 4 atom stereocenters. The van der Waals surface area contributed by atoms with Crippen molar-refractivity contribution >= 4 is 12.0 Å². The summed E-state index contributed by atoms with van der Waals surface area (Å²) in [6.45, 7) is 4.56. The first kappa shape index (κ1) is 14.1. The number of carbonyl (C=O) groups excluding carboxylic acids is 1. The fraction of sp³-hybridized carbons (Fsp3) is 0.846.